The van der Waals surface area contributed by atoms with Crippen molar-refractivity contribution in [1.82, 2.24) is 4.98 Å². The number of aromatic nitrogens is 1. The van der Waals surface area contributed by atoms with Gasteiger partial charge in [-0.1, -0.05) is 0 Å². The highest BCUT2D eigenvalue weighted by atomic mass is 32.1. The number of nitrogens with one attached hydrogen (secondary N) is 1. The maximum absolute atomic E-state index is 12.0. The molecule has 106 valence electrons. The molecule has 1 fully saturated rings. The van der Waals surface area contributed by atoms with Gasteiger partial charge in [-0.2, -0.15) is 0 Å². The molecule has 0 radical (unpaired) electrons. The Labute approximate surface area is 117 Å². The quantitative estimate of drug-likeness (QED) is 0.901. The number of amides is 1. The second-order valence-electron chi connectivity index (χ2n) is 4.75. The van der Waals surface area contributed by atoms with Crippen molar-refractivity contribution in [2.24, 2.45) is 0 Å². The van der Waals surface area contributed by atoms with Crippen LogP contribution in [0.3, 0.4) is 0 Å². The highest BCUT2D eigenvalue weighted by Crippen LogP contribution is 2.23. The van der Waals surface area contributed by atoms with Gasteiger partial charge in [-0.3, -0.25) is 4.79 Å². The minimum atomic E-state index is -0.481. The van der Waals surface area contributed by atoms with Crippen molar-refractivity contribution in [2.75, 3.05) is 18.5 Å². The minimum Gasteiger partial charge on any atom is -0.376 e. The standard InChI is InChI=1S/C13H20N2O3S/c1-8-13(19-10(3)14-8)15-12(16)9(2)18-7-11-5-4-6-17-11/h9,11H,4-7H2,1-3H3,(H,15,16). The summed E-state index contributed by atoms with van der Waals surface area (Å²) < 4.78 is 11.0. The second-order valence-corrected chi connectivity index (χ2v) is 5.95. The molecule has 2 unspecified atom stereocenters. The number of anilines is 1. The molecule has 2 atom stereocenters. The first-order valence-electron chi connectivity index (χ1n) is 6.54. The van der Waals surface area contributed by atoms with Crippen LogP contribution >= 0.6 is 11.3 Å². The molecular formula is C13H20N2O3S. The van der Waals surface area contributed by atoms with Crippen LogP contribution in [0, 0.1) is 13.8 Å². The van der Waals surface area contributed by atoms with Crippen LogP contribution in [0.15, 0.2) is 0 Å². The normalized spacial score (nSPS) is 20.5. The van der Waals surface area contributed by atoms with Crippen LogP contribution in [0.5, 0.6) is 0 Å². The number of hydrogen-bond acceptors (Lipinski definition) is 5. The molecule has 1 N–H and O–H groups in total. The number of carbonyl (C=O) groups excluding carboxylic acids is 1. The van der Waals surface area contributed by atoms with Gasteiger partial charge in [0, 0.05) is 6.61 Å². The predicted molar refractivity (Wildman–Crippen MR) is 74.6 cm³/mol. The number of ether oxygens (including phenoxy) is 2. The zero-order chi connectivity index (χ0) is 13.8. The number of aryl methyl sites for hydroxylation is 2. The molecule has 5 nitrogen and oxygen atoms in total. The zero-order valence-electron chi connectivity index (χ0n) is 11.6. The summed E-state index contributed by atoms with van der Waals surface area (Å²) in [4.78, 5) is 16.3. The van der Waals surface area contributed by atoms with Crippen molar-refractivity contribution in [2.45, 2.75) is 45.8 Å². The lowest BCUT2D eigenvalue weighted by molar-refractivity contribution is -0.128. The Morgan fingerprint density at radius 3 is 3.00 bits per heavy atom. The third-order valence-electron chi connectivity index (χ3n) is 3.07. The van der Waals surface area contributed by atoms with Crippen molar-refractivity contribution < 1.29 is 14.3 Å². The zero-order valence-corrected chi connectivity index (χ0v) is 12.4. The molecule has 2 rings (SSSR count). The average molecular weight is 284 g/mol. The Balaban J connectivity index is 1.80. The second kappa shape index (κ2) is 6.45. The van der Waals surface area contributed by atoms with E-state index in [-0.39, 0.29) is 12.0 Å². The first-order valence-corrected chi connectivity index (χ1v) is 7.36. The van der Waals surface area contributed by atoms with Crippen molar-refractivity contribution in [3.8, 4) is 0 Å². The van der Waals surface area contributed by atoms with Gasteiger partial charge in [0.15, 0.2) is 0 Å². The van der Waals surface area contributed by atoms with E-state index < -0.39 is 6.10 Å². The van der Waals surface area contributed by atoms with Gasteiger partial charge in [0.25, 0.3) is 5.91 Å². The Morgan fingerprint density at radius 2 is 2.42 bits per heavy atom. The Bertz CT molecular complexity index is 441. The minimum absolute atomic E-state index is 0.134. The van der Waals surface area contributed by atoms with Gasteiger partial charge < -0.3 is 14.8 Å². The van der Waals surface area contributed by atoms with Gasteiger partial charge in [-0.25, -0.2) is 4.98 Å². The third kappa shape index (κ3) is 3.99. The first-order chi connectivity index (χ1) is 9.06. The van der Waals surface area contributed by atoms with Gasteiger partial charge in [0.1, 0.15) is 11.1 Å². The predicted octanol–water partition coefficient (Wildman–Crippen LogP) is 2.28. The third-order valence-corrected chi connectivity index (χ3v) is 4.05. The van der Waals surface area contributed by atoms with Gasteiger partial charge in [-0.05, 0) is 33.6 Å². The van der Waals surface area contributed by atoms with Crippen LogP contribution in [0.1, 0.15) is 30.5 Å². The maximum atomic E-state index is 12.0. The van der Waals surface area contributed by atoms with Crippen LogP contribution in [0.25, 0.3) is 0 Å². The summed E-state index contributed by atoms with van der Waals surface area (Å²) >= 11 is 1.48. The van der Waals surface area contributed by atoms with Crippen LogP contribution in [-0.2, 0) is 14.3 Å². The molecule has 1 aliphatic heterocycles. The molecule has 1 aromatic rings. The first kappa shape index (κ1) is 14.4. The summed E-state index contributed by atoms with van der Waals surface area (Å²) in [5.74, 6) is -0.134. The molecule has 0 saturated carbocycles. The lowest BCUT2D eigenvalue weighted by atomic mass is 10.2. The molecule has 0 aromatic carbocycles. The summed E-state index contributed by atoms with van der Waals surface area (Å²) in [6.45, 7) is 6.85. The van der Waals surface area contributed by atoms with E-state index in [0.29, 0.717) is 6.61 Å². The van der Waals surface area contributed by atoms with E-state index in [1.807, 2.05) is 13.8 Å². The largest absolute Gasteiger partial charge is 0.376 e. The van der Waals surface area contributed by atoms with Crippen molar-refractivity contribution >= 4 is 22.2 Å². The fourth-order valence-electron chi connectivity index (χ4n) is 1.96. The molecule has 1 saturated heterocycles. The van der Waals surface area contributed by atoms with Gasteiger partial charge in [0.2, 0.25) is 0 Å². The molecule has 0 aliphatic carbocycles. The van der Waals surface area contributed by atoms with Crippen molar-refractivity contribution in [3.05, 3.63) is 10.7 Å². The molecule has 0 spiro atoms. The van der Waals surface area contributed by atoms with E-state index in [4.69, 9.17) is 9.47 Å². The molecule has 0 bridgehead atoms. The highest BCUT2D eigenvalue weighted by molar-refractivity contribution is 7.16. The Kier molecular flexibility index (Phi) is 4.90. The van der Waals surface area contributed by atoms with E-state index in [2.05, 4.69) is 10.3 Å². The number of rotatable bonds is 5. The monoisotopic (exact) mass is 284 g/mol. The molecule has 1 aliphatic rings. The summed E-state index contributed by atoms with van der Waals surface area (Å²) in [5.41, 5.74) is 0.849. The molecule has 19 heavy (non-hydrogen) atoms. The fourth-order valence-corrected chi connectivity index (χ4v) is 2.79. The van der Waals surface area contributed by atoms with E-state index >= 15 is 0 Å². The Hall–Kier alpha value is -0.980. The van der Waals surface area contributed by atoms with Gasteiger partial charge in [0.05, 0.1) is 23.4 Å². The summed E-state index contributed by atoms with van der Waals surface area (Å²) in [7, 11) is 0. The molecular weight excluding hydrogens is 264 g/mol. The SMILES string of the molecule is Cc1nc(C)c(NC(=O)C(C)OCC2CCCO2)s1. The summed E-state index contributed by atoms with van der Waals surface area (Å²) in [6, 6.07) is 0. The summed E-state index contributed by atoms with van der Waals surface area (Å²) in [5, 5.41) is 4.60. The number of nitrogens with zero attached hydrogens (tertiary/aromatic N) is 1. The molecule has 2 heterocycles. The van der Waals surface area contributed by atoms with E-state index in [0.717, 1.165) is 35.2 Å². The van der Waals surface area contributed by atoms with Gasteiger partial charge >= 0.3 is 0 Å². The fraction of sp³-hybridized carbons (Fsp3) is 0.692. The molecule has 1 amide bonds. The van der Waals surface area contributed by atoms with E-state index in [1.165, 1.54) is 11.3 Å². The maximum Gasteiger partial charge on any atom is 0.253 e. The van der Waals surface area contributed by atoms with E-state index in [1.54, 1.807) is 6.92 Å². The van der Waals surface area contributed by atoms with E-state index in [9.17, 15) is 4.79 Å². The smallest absolute Gasteiger partial charge is 0.253 e. The summed E-state index contributed by atoms with van der Waals surface area (Å²) in [6.07, 6.45) is 1.75. The number of thiazole rings is 1. The topological polar surface area (TPSA) is 60.5 Å². The van der Waals surface area contributed by atoms with Gasteiger partial charge in [-0.15, -0.1) is 11.3 Å². The molecule has 1 aromatic heterocycles. The van der Waals surface area contributed by atoms with Crippen LogP contribution in [-0.4, -0.2) is 36.3 Å². The van der Waals surface area contributed by atoms with Crippen LogP contribution in [0.2, 0.25) is 0 Å². The van der Waals surface area contributed by atoms with Crippen molar-refractivity contribution in [3.63, 3.8) is 0 Å². The lowest BCUT2D eigenvalue weighted by Crippen LogP contribution is -2.30. The number of hydrogen-bond donors (Lipinski definition) is 1. The van der Waals surface area contributed by atoms with Crippen LogP contribution < -0.4 is 5.32 Å². The van der Waals surface area contributed by atoms with Crippen LogP contribution in [0.4, 0.5) is 5.00 Å². The van der Waals surface area contributed by atoms with Crippen molar-refractivity contribution in [1.29, 1.82) is 0 Å². The lowest BCUT2D eigenvalue weighted by Gasteiger charge is -2.15. The average Bonchev–Trinajstić information content (AvgIpc) is 2.97. The number of carbonyl (C=O) groups is 1. The highest BCUT2D eigenvalue weighted by Gasteiger charge is 2.20. The molecule has 6 heteroatoms. The Morgan fingerprint density at radius 1 is 1.63 bits per heavy atom.